The Morgan fingerprint density at radius 1 is 1.13 bits per heavy atom. The molecule has 1 aromatic carbocycles. The lowest BCUT2D eigenvalue weighted by molar-refractivity contribution is 0.0755. The van der Waals surface area contributed by atoms with Gasteiger partial charge in [-0.15, -0.1) is 0 Å². The number of rotatable bonds is 8. The van der Waals surface area contributed by atoms with E-state index in [9.17, 15) is 14.0 Å². The molecule has 3 rings (SSSR count). The van der Waals surface area contributed by atoms with Crippen LogP contribution >= 0.6 is 0 Å². The minimum Gasteiger partial charge on any atom is -0.353 e. The molecular formula is C23H30FN5O2. The van der Waals surface area contributed by atoms with Crippen LogP contribution in [-0.2, 0) is 0 Å². The van der Waals surface area contributed by atoms with Crippen molar-refractivity contribution < 1.29 is 14.0 Å². The van der Waals surface area contributed by atoms with Crippen LogP contribution in [-0.4, -0.2) is 61.0 Å². The van der Waals surface area contributed by atoms with Gasteiger partial charge < -0.3 is 20.4 Å². The third-order valence-electron chi connectivity index (χ3n) is 5.16. The highest BCUT2D eigenvalue weighted by molar-refractivity contribution is 6.06. The number of piperazine rings is 1. The third kappa shape index (κ3) is 5.58. The molecule has 0 bridgehead atoms. The van der Waals surface area contributed by atoms with Crippen molar-refractivity contribution in [2.45, 2.75) is 26.7 Å². The van der Waals surface area contributed by atoms with Crippen molar-refractivity contribution in [1.82, 2.24) is 15.2 Å². The monoisotopic (exact) mass is 427 g/mol. The summed E-state index contributed by atoms with van der Waals surface area (Å²) in [4.78, 5) is 34.4. The number of nitrogens with zero attached hydrogens (tertiary/aromatic N) is 3. The van der Waals surface area contributed by atoms with Gasteiger partial charge in [-0.05, 0) is 31.0 Å². The first-order valence-electron chi connectivity index (χ1n) is 10.9. The van der Waals surface area contributed by atoms with Crippen LogP contribution in [0.25, 0.3) is 0 Å². The lowest BCUT2D eigenvalue weighted by Crippen LogP contribution is -2.45. The molecule has 0 atom stereocenters. The van der Waals surface area contributed by atoms with Crippen LogP contribution < -0.4 is 15.5 Å². The van der Waals surface area contributed by atoms with Gasteiger partial charge in [-0.2, -0.15) is 0 Å². The first-order chi connectivity index (χ1) is 15.0. The summed E-state index contributed by atoms with van der Waals surface area (Å²) < 4.78 is 14.0. The molecule has 2 heterocycles. The van der Waals surface area contributed by atoms with E-state index in [0.717, 1.165) is 39.0 Å². The number of pyridine rings is 1. The van der Waals surface area contributed by atoms with Crippen LogP contribution in [0.4, 0.5) is 15.9 Å². The van der Waals surface area contributed by atoms with Crippen LogP contribution in [0, 0.1) is 5.82 Å². The largest absolute Gasteiger partial charge is 0.353 e. The second kappa shape index (κ2) is 10.9. The lowest BCUT2D eigenvalue weighted by Gasteiger charge is -2.31. The van der Waals surface area contributed by atoms with Gasteiger partial charge in [0.05, 0.1) is 23.0 Å². The summed E-state index contributed by atoms with van der Waals surface area (Å²) in [5.74, 6) is -0.662. The smallest absolute Gasteiger partial charge is 0.258 e. The Bertz CT molecular complexity index is 909. The predicted octanol–water partition coefficient (Wildman–Crippen LogP) is 3.14. The van der Waals surface area contributed by atoms with E-state index >= 15 is 0 Å². The number of carbonyl (C=O) groups excluding carboxylic acids is 2. The molecule has 2 N–H and O–H groups in total. The number of benzene rings is 1. The molecule has 1 saturated heterocycles. The van der Waals surface area contributed by atoms with Crippen LogP contribution in [0.1, 0.15) is 47.4 Å². The van der Waals surface area contributed by atoms with Crippen molar-refractivity contribution in [2.75, 3.05) is 49.5 Å². The maximum atomic E-state index is 14.0. The number of nitrogens with one attached hydrogen (secondary N) is 2. The molecule has 1 fully saturated rings. The molecule has 8 heteroatoms. The average molecular weight is 428 g/mol. The number of hydrogen-bond acceptors (Lipinski definition) is 5. The normalized spacial score (nSPS) is 13.7. The number of carbonyl (C=O) groups is 2. The summed E-state index contributed by atoms with van der Waals surface area (Å²) in [6, 6.07) is 7.45. The molecule has 2 amide bonds. The standard InChI is InChI=1S/C23H30FN5O2/c1-3-11-29(12-4-2)23(31)19-15-17(16-26-21(19)28-13-9-25-10-14-28)27-22(30)18-7-5-6-8-20(18)24/h5-8,15-16,25H,3-4,9-14H2,1-2H3,(H,27,30). The van der Waals surface area contributed by atoms with Gasteiger partial charge in [-0.25, -0.2) is 9.37 Å². The molecule has 1 aliphatic rings. The van der Waals surface area contributed by atoms with Crippen molar-refractivity contribution in [3.05, 3.63) is 53.5 Å². The highest BCUT2D eigenvalue weighted by atomic mass is 19.1. The van der Waals surface area contributed by atoms with Gasteiger partial charge in [-0.1, -0.05) is 26.0 Å². The fourth-order valence-electron chi connectivity index (χ4n) is 3.68. The Hall–Kier alpha value is -3.00. The van der Waals surface area contributed by atoms with E-state index < -0.39 is 11.7 Å². The van der Waals surface area contributed by atoms with Crippen molar-refractivity contribution in [1.29, 1.82) is 0 Å². The van der Waals surface area contributed by atoms with Gasteiger partial charge in [-0.3, -0.25) is 9.59 Å². The SMILES string of the molecule is CCCN(CCC)C(=O)c1cc(NC(=O)c2ccccc2F)cnc1N1CCNCC1. The van der Waals surface area contributed by atoms with E-state index in [-0.39, 0.29) is 11.5 Å². The molecule has 2 aromatic rings. The average Bonchev–Trinajstić information content (AvgIpc) is 2.79. The Kier molecular flexibility index (Phi) is 7.94. The summed E-state index contributed by atoms with van der Waals surface area (Å²) in [6.07, 6.45) is 3.23. The summed E-state index contributed by atoms with van der Waals surface area (Å²) in [5, 5.41) is 5.98. The van der Waals surface area contributed by atoms with Crippen LogP contribution in [0.15, 0.2) is 36.5 Å². The van der Waals surface area contributed by atoms with Crippen molar-refractivity contribution in [3.63, 3.8) is 0 Å². The summed E-state index contributed by atoms with van der Waals surface area (Å²) in [6.45, 7) is 8.50. The van der Waals surface area contributed by atoms with E-state index in [1.54, 1.807) is 12.1 Å². The predicted molar refractivity (Wildman–Crippen MR) is 120 cm³/mol. The second-order valence-corrected chi connectivity index (χ2v) is 7.56. The maximum absolute atomic E-state index is 14.0. The quantitative estimate of drug-likeness (QED) is 0.677. The van der Waals surface area contributed by atoms with Crippen LogP contribution in [0.5, 0.6) is 0 Å². The number of aromatic nitrogens is 1. The van der Waals surface area contributed by atoms with Crippen molar-refractivity contribution in [2.24, 2.45) is 0 Å². The zero-order chi connectivity index (χ0) is 22.2. The molecule has 1 aliphatic heterocycles. The van der Waals surface area contributed by atoms with Crippen molar-refractivity contribution in [3.8, 4) is 0 Å². The Balaban J connectivity index is 1.93. The minimum atomic E-state index is -0.598. The molecular weight excluding hydrogens is 397 g/mol. The zero-order valence-corrected chi connectivity index (χ0v) is 18.2. The van der Waals surface area contributed by atoms with E-state index in [1.165, 1.54) is 24.4 Å². The molecule has 1 aromatic heterocycles. The first kappa shape index (κ1) is 22.7. The fraction of sp³-hybridized carbons (Fsp3) is 0.435. The molecule has 166 valence electrons. The summed E-state index contributed by atoms with van der Waals surface area (Å²) in [7, 11) is 0. The summed E-state index contributed by atoms with van der Waals surface area (Å²) >= 11 is 0. The minimum absolute atomic E-state index is 0.0554. The Labute approximate surface area is 182 Å². The van der Waals surface area contributed by atoms with E-state index in [4.69, 9.17) is 0 Å². The van der Waals surface area contributed by atoms with Gasteiger partial charge in [0.2, 0.25) is 0 Å². The molecule has 7 nitrogen and oxygen atoms in total. The van der Waals surface area contributed by atoms with Gasteiger partial charge in [0.15, 0.2) is 0 Å². The number of amides is 2. The Morgan fingerprint density at radius 3 is 2.45 bits per heavy atom. The van der Waals surface area contributed by atoms with E-state index in [2.05, 4.69) is 20.5 Å². The molecule has 0 unspecified atom stereocenters. The van der Waals surface area contributed by atoms with Crippen molar-refractivity contribution >= 4 is 23.3 Å². The lowest BCUT2D eigenvalue weighted by atomic mass is 10.1. The molecule has 0 aliphatic carbocycles. The molecule has 0 radical (unpaired) electrons. The van der Waals surface area contributed by atoms with Gasteiger partial charge in [0.1, 0.15) is 11.6 Å². The molecule has 31 heavy (non-hydrogen) atoms. The van der Waals surface area contributed by atoms with Gasteiger partial charge >= 0.3 is 0 Å². The van der Waals surface area contributed by atoms with Crippen LogP contribution in [0.2, 0.25) is 0 Å². The summed E-state index contributed by atoms with van der Waals surface area (Å²) in [5.41, 5.74) is 0.763. The zero-order valence-electron chi connectivity index (χ0n) is 18.2. The van der Waals surface area contributed by atoms with Crippen LogP contribution in [0.3, 0.4) is 0 Å². The number of hydrogen-bond donors (Lipinski definition) is 2. The molecule has 0 saturated carbocycles. The van der Waals surface area contributed by atoms with Gasteiger partial charge in [0.25, 0.3) is 11.8 Å². The highest BCUT2D eigenvalue weighted by Gasteiger charge is 2.24. The maximum Gasteiger partial charge on any atom is 0.258 e. The Morgan fingerprint density at radius 2 is 1.81 bits per heavy atom. The van der Waals surface area contributed by atoms with E-state index in [0.29, 0.717) is 30.2 Å². The highest BCUT2D eigenvalue weighted by Crippen LogP contribution is 2.24. The first-order valence-corrected chi connectivity index (χ1v) is 10.9. The number of anilines is 2. The topological polar surface area (TPSA) is 77.6 Å². The molecule has 0 spiro atoms. The third-order valence-corrected chi connectivity index (χ3v) is 5.16. The van der Waals surface area contributed by atoms with Gasteiger partial charge in [0, 0.05) is 39.3 Å². The second-order valence-electron chi connectivity index (χ2n) is 7.56. The number of halogens is 1. The van der Waals surface area contributed by atoms with E-state index in [1.807, 2.05) is 18.7 Å². The fourth-order valence-corrected chi connectivity index (χ4v) is 3.68.